The molecule has 9 heterocycles. The summed E-state index contributed by atoms with van der Waals surface area (Å²) in [6, 6.07) is 24.9. The lowest BCUT2D eigenvalue weighted by Gasteiger charge is -2.30. The van der Waals surface area contributed by atoms with Crippen molar-refractivity contribution in [2.24, 2.45) is 0 Å². The van der Waals surface area contributed by atoms with Crippen LogP contribution in [0.3, 0.4) is 0 Å². The zero-order valence-corrected chi connectivity index (χ0v) is 65.0. The minimum atomic E-state index is -0.958. The average molecular weight is 1530 g/mol. The van der Waals surface area contributed by atoms with Crippen molar-refractivity contribution in [3.63, 3.8) is 0 Å². The van der Waals surface area contributed by atoms with Crippen LogP contribution in [0.4, 0.5) is 13.2 Å². The number of fused-ring (bicyclic) bond motifs is 3. The number of nitrogens with zero attached hydrogens (tertiary/aromatic N) is 6. The number of hydrogen-bond acceptors (Lipinski definition) is 15. The van der Waals surface area contributed by atoms with Crippen LogP contribution in [0, 0.1) is 17.5 Å². The van der Waals surface area contributed by atoms with Gasteiger partial charge in [-0.15, -0.1) is 0 Å². The van der Waals surface area contributed by atoms with Crippen molar-refractivity contribution >= 4 is 17.9 Å². The number of aromatic nitrogens is 3. The van der Waals surface area contributed by atoms with Gasteiger partial charge < -0.3 is 43.7 Å². The molecule has 15 rings (SSSR count). The van der Waals surface area contributed by atoms with Gasteiger partial charge in [0.15, 0.2) is 0 Å². The minimum Gasteiger partial charge on any atom is -0.480 e. The molecule has 9 atom stereocenters. The molecule has 0 unspecified atom stereocenters. The van der Waals surface area contributed by atoms with Gasteiger partial charge in [-0.3, -0.25) is 44.0 Å². The highest BCUT2D eigenvalue weighted by Crippen LogP contribution is 2.42. The monoisotopic (exact) mass is 1530 g/mol. The number of hydrogen-bond donors (Lipinski definition) is 3. The van der Waals surface area contributed by atoms with Crippen LogP contribution in [-0.4, -0.2) is 160 Å². The summed E-state index contributed by atoms with van der Waals surface area (Å²) in [6.45, 7) is 7.15. The molecule has 600 valence electrons. The molecule has 6 saturated heterocycles. The van der Waals surface area contributed by atoms with Crippen LogP contribution in [-0.2, 0) is 101 Å². The van der Waals surface area contributed by atoms with Crippen molar-refractivity contribution in [2.75, 3.05) is 78.9 Å². The highest BCUT2D eigenvalue weighted by molar-refractivity contribution is 5.78. The predicted molar refractivity (Wildman–Crippen MR) is 417 cm³/mol. The van der Waals surface area contributed by atoms with Crippen molar-refractivity contribution in [1.82, 2.24) is 29.7 Å². The Morgan fingerprint density at radius 1 is 0.378 bits per heavy atom. The van der Waals surface area contributed by atoms with Gasteiger partial charge in [-0.25, -0.2) is 13.2 Å². The molecular formula is C90H117F3N6O12. The standard InChI is InChI=1S/3C30H39FN2O4/c3*31-25-11-7-10-24(28(25)27-13-4-6-19-37-27)29(30(34)35)33-17-16-23(20-33)36-18-5-3-9-22-15-14-21-8-1-2-12-26(21)32-22/h3*7,10-11,14-15,23,27,29H,1-6,8-9,12-13,16-20H2,(H,34,35)/t23-,27+,29+;23-,27-,29+;23-,27-,29-/m111/s1. The zero-order chi connectivity index (χ0) is 76.8. The van der Waals surface area contributed by atoms with E-state index in [1.54, 1.807) is 36.4 Å². The number of aliphatic carboxylic acids is 3. The molecular weight excluding hydrogens is 1410 g/mol. The summed E-state index contributed by atoms with van der Waals surface area (Å²) in [4.78, 5) is 57.6. The number of likely N-dealkylation sites (tertiary alicyclic amines) is 3. The lowest BCUT2D eigenvalue weighted by molar-refractivity contribution is -0.144. The van der Waals surface area contributed by atoms with Gasteiger partial charge in [0.05, 0.1) is 36.6 Å². The maximum absolute atomic E-state index is 14.9. The number of unbranched alkanes of at least 4 members (excludes halogenated alkanes) is 3. The second-order valence-corrected chi connectivity index (χ2v) is 32.1. The number of benzene rings is 3. The first-order chi connectivity index (χ1) is 54.3. The molecule has 21 heteroatoms. The van der Waals surface area contributed by atoms with Crippen LogP contribution in [0.25, 0.3) is 0 Å². The molecule has 0 spiro atoms. The number of carbonyl (C=O) groups is 3. The van der Waals surface area contributed by atoms with Gasteiger partial charge in [0, 0.05) is 130 Å². The molecule has 0 saturated carbocycles. The van der Waals surface area contributed by atoms with Crippen molar-refractivity contribution < 1.29 is 71.3 Å². The van der Waals surface area contributed by atoms with E-state index in [-0.39, 0.29) is 54.1 Å². The first-order valence-electron chi connectivity index (χ1n) is 42.2. The molecule has 18 nitrogen and oxygen atoms in total. The van der Waals surface area contributed by atoms with E-state index in [4.69, 9.17) is 43.4 Å². The molecule has 3 aromatic carbocycles. The lowest BCUT2D eigenvalue weighted by Crippen LogP contribution is -2.35. The predicted octanol–water partition coefficient (Wildman–Crippen LogP) is 16.7. The Kier molecular flexibility index (Phi) is 30.5. The van der Waals surface area contributed by atoms with Crippen LogP contribution in [0.2, 0.25) is 0 Å². The summed E-state index contributed by atoms with van der Waals surface area (Å²) < 4.78 is 80.8. The van der Waals surface area contributed by atoms with Crippen molar-refractivity contribution in [1.29, 1.82) is 0 Å². The molecule has 0 radical (unpaired) electrons. The Hall–Kier alpha value is -7.05. The summed E-state index contributed by atoms with van der Waals surface area (Å²) in [6.07, 6.45) is 32.2. The van der Waals surface area contributed by atoms with Crippen LogP contribution < -0.4 is 0 Å². The Labute approximate surface area is 653 Å². The van der Waals surface area contributed by atoms with Crippen LogP contribution >= 0.6 is 0 Å². The van der Waals surface area contributed by atoms with E-state index in [1.165, 1.54) is 108 Å². The van der Waals surface area contributed by atoms with E-state index in [2.05, 4.69) is 36.4 Å². The molecule has 3 aromatic heterocycles. The smallest absolute Gasteiger partial charge is 0.325 e. The Balaban J connectivity index is 0.000000146. The fourth-order valence-electron chi connectivity index (χ4n) is 18.4. The third-order valence-electron chi connectivity index (χ3n) is 24.2. The lowest BCUT2D eigenvalue weighted by atomic mass is 9.91. The Bertz CT molecular complexity index is 3620. The van der Waals surface area contributed by atoms with Crippen LogP contribution in [0.5, 0.6) is 0 Å². The number of carboxylic acids is 3. The van der Waals surface area contributed by atoms with E-state index in [0.717, 1.165) is 154 Å². The SMILES string of the molecule is O=C(O)[C@@H](c1cccc(F)c1[C@H]1CCCCO1)N1CC[C@@H](OCCCCc2ccc3c(n2)CCCC3)C1.O=C(O)[C@H](c1cccc(F)c1[C@@H]1CCCCO1)N1CC[C@@H](OCCCCc2ccc3c(n2)CCCC3)C1.O=C(O)[C@H](c1cccc(F)c1[C@H]1CCCCO1)N1CC[C@@H](OCCCCc2ccc3c(n2)CCCC3)C1. The second-order valence-electron chi connectivity index (χ2n) is 32.1. The zero-order valence-electron chi connectivity index (χ0n) is 65.0. The molecule has 3 N–H and O–H groups in total. The molecule has 111 heavy (non-hydrogen) atoms. The Morgan fingerprint density at radius 2 is 0.676 bits per heavy atom. The molecule has 9 aliphatic rings. The number of ether oxygens (including phenoxy) is 6. The summed E-state index contributed by atoms with van der Waals surface area (Å²) in [7, 11) is 0. The molecule has 3 aliphatic carbocycles. The molecule has 6 aromatic rings. The quantitative estimate of drug-likeness (QED) is 0.0357. The van der Waals surface area contributed by atoms with E-state index >= 15 is 0 Å². The number of aryl methyl sites for hydroxylation is 9. The average Bonchev–Trinajstić information content (AvgIpc) is 1.79. The van der Waals surface area contributed by atoms with Crippen molar-refractivity contribution in [3.8, 4) is 0 Å². The number of rotatable bonds is 30. The van der Waals surface area contributed by atoms with Gasteiger partial charge in [0.25, 0.3) is 0 Å². The van der Waals surface area contributed by atoms with Gasteiger partial charge >= 0.3 is 17.9 Å². The van der Waals surface area contributed by atoms with Crippen molar-refractivity contribution in [3.05, 3.63) is 193 Å². The Morgan fingerprint density at radius 3 is 0.955 bits per heavy atom. The highest BCUT2D eigenvalue weighted by Gasteiger charge is 2.41. The van der Waals surface area contributed by atoms with E-state index in [9.17, 15) is 42.9 Å². The largest absolute Gasteiger partial charge is 0.480 e. The summed E-state index contributed by atoms with van der Waals surface area (Å²) in [5.41, 5.74) is 14.4. The third kappa shape index (κ3) is 22.1. The van der Waals surface area contributed by atoms with Gasteiger partial charge in [0.2, 0.25) is 0 Å². The fourth-order valence-corrected chi connectivity index (χ4v) is 18.4. The van der Waals surface area contributed by atoms with Gasteiger partial charge in [-0.05, 0) is 282 Å². The van der Waals surface area contributed by atoms with Gasteiger partial charge in [-0.2, -0.15) is 0 Å². The highest BCUT2D eigenvalue weighted by atomic mass is 19.1. The first-order valence-corrected chi connectivity index (χ1v) is 42.2. The molecule has 6 fully saturated rings. The van der Waals surface area contributed by atoms with E-state index in [1.807, 2.05) is 14.7 Å². The maximum atomic E-state index is 14.9. The first kappa shape index (κ1) is 81.9. The summed E-state index contributed by atoms with van der Waals surface area (Å²) in [5.74, 6) is -4.01. The van der Waals surface area contributed by atoms with Crippen molar-refractivity contribution in [2.45, 2.75) is 267 Å². The number of carboxylic acid groups (broad SMARTS) is 3. The fraction of sp³-hybridized carbons (Fsp3) is 0.600. The maximum Gasteiger partial charge on any atom is 0.325 e. The van der Waals surface area contributed by atoms with Crippen LogP contribution in [0.1, 0.15) is 275 Å². The summed E-state index contributed by atoms with van der Waals surface area (Å²) >= 11 is 0. The number of halogens is 3. The molecule has 6 aliphatic heterocycles. The second kappa shape index (κ2) is 41.3. The molecule has 0 bridgehead atoms. The normalized spacial score (nSPS) is 23.1. The topological polar surface area (TPSA) is 216 Å². The van der Waals surface area contributed by atoms with Gasteiger partial charge in [-0.1, -0.05) is 54.6 Å². The summed E-state index contributed by atoms with van der Waals surface area (Å²) in [5, 5.41) is 30.5. The third-order valence-corrected chi connectivity index (χ3v) is 24.2. The van der Waals surface area contributed by atoms with E-state index in [0.29, 0.717) is 132 Å². The molecule has 0 amide bonds. The van der Waals surface area contributed by atoms with E-state index < -0.39 is 36.0 Å². The van der Waals surface area contributed by atoms with Gasteiger partial charge in [0.1, 0.15) is 35.6 Å². The number of pyridine rings is 3. The minimum absolute atomic E-state index is 0.00772. The van der Waals surface area contributed by atoms with Crippen LogP contribution in [0.15, 0.2) is 91.0 Å².